The molecule has 15 nitrogen and oxygen atoms in total. The maximum absolute atomic E-state index is 15.1. The Labute approximate surface area is 368 Å². The highest BCUT2D eigenvalue weighted by Gasteiger charge is 2.35. The van der Waals surface area contributed by atoms with Crippen molar-refractivity contribution in [2.75, 3.05) is 25.0 Å². The number of anilines is 2. The highest BCUT2D eigenvalue weighted by Crippen LogP contribution is 2.33. The molecule has 2 amide bonds. The van der Waals surface area contributed by atoms with Crippen LogP contribution in [0, 0.1) is 17.1 Å². The Kier molecular flexibility index (Phi) is 10.7. The van der Waals surface area contributed by atoms with E-state index in [9.17, 15) is 32.8 Å². The number of nitrogens with zero attached hydrogens (tertiary/aromatic N) is 9. The van der Waals surface area contributed by atoms with E-state index in [0.29, 0.717) is 59.6 Å². The summed E-state index contributed by atoms with van der Waals surface area (Å²) in [4.78, 5) is 58.8. The number of pyridine rings is 1. The number of amides is 2. The minimum atomic E-state index is -4.85. The molecular weight excluding hydrogens is 849 g/mol. The molecule has 0 spiro atoms. The Morgan fingerprint density at radius 3 is 2.43 bits per heavy atom. The van der Waals surface area contributed by atoms with Crippen LogP contribution in [-0.4, -0.2) is 82.1 Å². The molecule has 0 saturated carbocycles. The number of carbonyl (C=O) groups is 2. The van der Waals surface area contributed by atoms with Crippen molar-refractivity contribution in [1.29, 1.82) is 5.26 Å². The number of nitriles is 1. The molecule has 65 heavy (non-hydrogen) atoms. The zero-order chi connectivity index (χ0) is 45.8. The summed E-state index contributed by atoms with van der Waals surface area (Å²) in [7, 11) is 0. The van der Waals surface area contributed by atoms with Crippen molar-refractivity contribution >= 4 is 45.8 Å². The molecule has 2 aliphatic heterocycles. The van der Waals surface area contributed by atoms with Gasteiger partial charge in [-0.25, -0.2) is 23.9 Å². The van der Waals surface area contributed by atoms with E-state index < -0.39 is 41.4 Å². The first kappa shape index (κ1) is 42.5. The predicted molar refractivity (Wildman–Crippen MR) is 229 cm³/mol. The molecule has 0 radical (unpaired) electrons. The lowest BCUT2D eigenvalue weighted by atomic mass is 10.0. The second-order valence-corrected chi connectivity index (χ2v) is 16.8. The van der Waals surface area contributed by atoms with Crippen LogP contribution in [0.3, 0.4) is 0 Å². The summed E-state index contributed by atoms with van der Waals surface area (Å²) >= 11 is 0. The average molecular weight is 889 g/mol. The van der Waals surface area contributed by atoms with E-state index in [0.717, 1.165) is 28.8 Å². The minimum absolute atomic E-state index is 0.0531. The van der Waals surface area contributed by atoms with E-state index in [-0.39, 0.29) is 42.7 Å². The fraction of sp³-hybridized carbons (Fsp3) is 0.283. The van der Waals surface area contributed by atoms with Crippen molar-refractivity contribution in [3.63, 3.8) is 0 Å². The topological polar surface area (TPSA) is 165 Å². The SMILES string of the molecule is CC(C)(C)OC(=O)N1CC[C@H](n2c(=O)n(-c3ccc(C(=O)N4CCc5c(n(Cc6ccc(C#N)cc6F)c6ncccc56)C4)cc3)c3cnc(Nc4ccc(OC(F)(F)F)cc4)nc32)C1. The zero-order valence-electron chi connectivity index (χ0n) is 35.3. The lowest BCUT2D eigenvalue weighted by molar-refractivity contribution is -0.274. The fourth-order valence-electron chi connectivity index (χ4n) is 8.41. The van der Waals surface area contributed by atoms with E-state index in [1.54, 1.807) is 68.3 Å². The van der Waals surface area contributed by atoms with Gasteiger partial charge in [0.2, 0.25) is 5.95 Å². The first-order valence-electron chi connectivity index (χ1n) is 20.7. The van der Waals surface area contributed by atoms with E-state index >= 15 is 4.39 Å². The quantitative estimate of drug-likeness (QED) is 0.148. The number of alkyl halides is 3. The van der Waals surface area contributed by atoms with Crippen molar-refractivity contribution in [3.05, 3.63) is 136 Å². The van der Waals surface area contributed by atoms with Gasteiger partial charge < -0.3 is 29.2 Å². The molecule has 1 atom stereocenters. The Bertz CT molecular complexity index is 3090. The summed E-state index contributed by atoms with van der Waals surface area (Å²) in [6.45, 7) is 6.57. The highest BCUT2D eigenvalue weighted by molar-refractivity contribution is 5.95. The van der Waals surface area contributed by atoms with Crippen LogP contribution in [0.4, 0.5) is 34.0 Å². The van der Waals surface area contributed by atoms with Crippen LogP contribution >= 0.6 is 0 Å². The number of rotatable bonds is 8. The average Bonchev–Trinajstić information content (AvgIpc) is 3.96. The van der Waals surface area contributed by atoms with Crippen LogP contribution < -0.4 is 15.7 Å². The number of carbonyl (C=O) groups excluding carboxylic acids is 2. The fourth-order valence-corrected chi connectivity index (χ4v) is 8.41. The third kappa shape index (κ3) is 8.54. The summed E-state index contributed by atoms with van der Waals surface area (Å²) < 4.78 is 67.8. The number of benzene rings is 3. The van der Waals surface area contributed by atoms with Gasteiger partial charge in [0, 0.05) is 53.7 Å². The number of likely N-dealkylation sites (tertiary alicyclic amines) is 1. The molecule has 7 aromatic rings. The third-order valence-electron chi connectivity index (χ3n) is 11.3. The first-order valence-corrected chi connectivity index (χ1v) is 20.7. The molecule has 0 bridgehead atoms. The molecular formula is C46H40F4N10O5. The van der Waals surface area contributed by atoms with Crippen molar-refractivity contribution < 1.29 is 36.6 Å². The number of aromatic nitrogens is 6. The van der Waals surface area contributed by atoms with E-state index in [2.05, 4.69) is 20.0 Å². The van der Waals surface area contributed by atoms with Crippen LogP contribution in [0.1, 0.15) is 66.0 Å². The summed E-state index contributed by atoms with van der Waals surface area (Å²) in [5, 5.41) is 13.1. The number of nitrogens with one attached hydrogen (secondary N) is 1. The molecule has 1 N–H and O–H groups in total. The maximum atomic E-state index is 15.1. The van der Waals surface area contributed by atoms with Gasteiger partial charge in [0.15, 0.2) is 5.65 Å². The molecule has 2 aliphatic rings. The van der Waals surface area contributed by atoms with Gasteiger partial charge in [-0.2, -0.15) is 10.2 Å². The van der Waals surface area contributed by atoms with Crippen molar-refractivity contribution in [2.45, 2.75) is 64.7 Å². The van der Waals surface area contributed by atoms with Gasteiger partial charge in [0.25, 0.3) is 5.91 Å². The Balaban J connectivity index is 1.01. The molecule has 4 aromatic heterocycles. The van der Waals surface area contributed by atoms with Crippen LogP contribution in [0.5, 0.6) is 5.75 Å². The molecule has 6 heterocycles. The van der Waals surface area contributed by atoms with Gasteiger partial charge in [-0.15, -0.1) is 13.2 Å². The maximum Gasteiger partial charge on any atom is 0.573 e. The third-order valence-corrected chi connectivity index (χ3v) is 11.3. The predicted octanol–water partition coefficient (Wildman–Crippen LogP) is 8.01. The lowest BCUT2D eigenvalue weighted by Gasteiger charge is -2.29. The molecule has 1 saturated heterocycles. The molecule has 9 rings (SSSR count). The summed E-state index contributed by atoms with van der Waals surface area (Å²) in [5.74, 6) is -1.12. The molecule has 332 valence electrons. The molecule has 0 aliphatic carbocycles. The molecule has 0 unspecified atom stereocenters. The second-order valence-electron chi connectivity index (χ2n) is 16.8. The summed E-state index contributed by atoms with van der Waals surface area (Å²) in [6, 6.07) is 21.2. The minimum Gasteiger partial charge on any atom is -0.444 e. The molecule has 3 aromatic carbocycles. The van der Waals surface area contributed by atoms with Crippen molar-refractivity contribution in [2.24, 2.45) is 0 Å². The second kappa shape index (κ2) is 16.4. The summed E-state index contributed by atoms with van der Waals surface area (Å²) in [5.41, 5.74) is 3.61. The monoisotopic (exact) mass is 888 g/mol. The van der Waals surface area contributed by atoms with Gasteiger partial charge in [-0.1, -0.05) is 6.07 Å². The van der Waals surface area contributed by atoms with Gasteiger partial charge in [-0.05, 0) is 112 Å². The van der Waals surface area contributed by atoms with Gasteiger partial charge in [0.1, 0.15) is 28.3 Å². The number of fused-ring (bicyclic) bond motifs is 4. The normalized spacial score (nSPS) is 15.3. The Hall–Kier alpha value is -7.75. The lowest BCUT2D eigenvalue weighted by Crippen LogP contribution is -2.36. The van der Waals surface area contributed by atoms with Crippen LogP contribution in [0.25, 0.3) is 27.9 Å². The Morgan fingerprint density at radius 2 is 1.72 bits per heavy atom. The van der Waals surface area contributed by atoms with Gasteiger partial charge in [-0.3, -0.25) is 13.9 Å². The zero-order valence-corrected chi connectivity index (χ0v) is 35.3. The van der Waals surface area contributed by atoms with Crippen molar-refractivity contribution in [3.8, 4) is 17.5 Å². The van der Waals surface area contributed by atoms with Gasteiger partial charge in [0.05, 0.1) is 42.6 Å². The van der Waals surface area contributed by atoms with Crippen LogP contribution in [-0.2, 0) is 24.2 Å². The highest BCUT2D eigenvalue weighted by atomic mass is 19.4. The van der Waals surface area contributed by atoms with Crippen LogP contribution in [0.15, 0.2) is 96.1 Å². The van der Waals surface area contributed by atoms with E-state index in [4.69, 9.17) is 9.72 Å². The smallest absolute Gasteiger partial charge is 0.444 e. The number of ether oxygens (including phenoxy) is 2. The van der Waals surface area contributed by atoms with Crippen molar-refractivity contribution in [1.82, 2.24) is 38.5 Å². The van der Waals surface area contributed by atoms with E-state index in [1.165, 1.54) is 38.4 Å². The standard InChI is InChI=1S/C46H40F4N10O5/c1-45(2,3)65-44(63)57-19-16-32(25-57)60-40-37(23-53-42(55-40)54-30-10-14-33(15-11-30)64-46(48,49)50)59(43(60)62)31-12-8-28(9-13-31)41(61)56-20-17-34-35-5-4-18-52-39(35)58(38(34)26-56)24-29-7-6-27(22-51)21-36(29)47/h4-15,18,21,23,32H,16-17,19-20,24-26H2,1-3H3,(H,53,54,55)/t32-/m0/s1. The number of halogens is 4. The van der Waals surface area contributed by atoms with Gasteiger partial charge >= 0.3 is 18.1 Å². The number of hydrogen-bond donors (Lipinski definition) is 1. The number of hydrogen-bond acceptors (Lipinski definition) is 10. The summed E-state index contributed by atoms with van der Waals surface area (Å²) in [6.07, 6.45) is -1.30. The molecule has 1 fully saturated rings. The van der Waals surface area contributed by atoms with E-state index in [1.807, 2.05) is 22.8 Å². The Morgan fingerprint density at radius 1 is 0.954 bits per heavy atom. The molecule has 19 heteroatoms. The number of imidazole rings is 1. The largest absolute Gasteiger partial charge is 0.573 e. The van der Waals surface area contributed by atoms with Crippen LogP contribution in [0.2, 0.25) is 0 Å². The first-order chi connectivity index (χ1) is 31.0.